The summed E-state index contributed by atoms with van der Waals surface area (Å²) in [5, 5.41) is 22.1. The third-order valence-corrected chi connectivity index (χ3v) is 7.42. The summed E-state index contributed by atoms with van der Waals surface area (Å²) in [4.78, 5) is 5.97. The Morgan fingerprint density at radius 1 is 1.09 bits per heavy atom. The monoisotopic (exact) mass is 477 g/mol. The highest BCUT2D eigenvalue weighted by atomic mass is 32.1. The third kappa shape index (κ3) is 3.59. The van der Waals surface area contributed by atoms with Gasteiger partial charge in [-0.15, -0.1) is 22.7 Å². The summed E-state index contributed by atoms with van der Waals surface area (Å²) in [7, 11) is 1.57. The number of aromatic nitrogens is 1. The van der Waals surface area contributed by atoms with E-state index in [1.165, 1.54) is 11.3 Å². The summed E-state index contributed by atoms with van der Waals surface area (Å²) in [5.74, 6) is 2.23. The zero-order chi connectivity index (χ0) is 22.4. The number of nitrogens with zero attached hydrogens (tertiary/aromatic N) is 3. The largest absolute Gasteiger partial charge is 0.507 e. The summed E-state index contributed by atoms with van der Waals surface area (Å²) in [5.41, 5.74) is 3.45. The number of benzene rings is 2. The first-order valence-corrected chi connectivity index (χ1v) is 12.1. The molecule has 33 heavy (non-hydrogen) atoms. The van der Waals surface area contributed by atoms with Crippen LogP contribution < -0.4 is 19.2 Å². The number of rotatable bonds is 5. The smallest absolute Gasteiger partial charge is 0.231 e. The maximum Gasteiger partial charge on any atom is 0.231 e. The van der Waals surface area contributed by atoms with E-state index in [2.05, 4.69) is 17.5 Å². The quantitative estimate of drug-likeness (QED) is 0.399. The van der Waals surface area contributed by atoms with E-state index >= 15 is 0 Å². The Kier molecular flexibility index (Phi) is 4.92. The van der Waals surface area contributed by atoms with Crippen molar-refractivity contribution in [2.75, 3.05) is 18.9 Å². The normalized spacial score (nSPS) is 16.8. The summed E-state index contributed by atoms with van der Waals surface area (Å²) in [6.45, 7) is 0.241. The van der Waals surface area contributed by atoms with E-state index in [1.807, 2.05) is 40.7 Å². The molecule has 0 fully saturated rings. The second kappa shape index (κ2) is 8.09. The number of ether oxygens (including phenoxy) is 3. The molecule has 2 aromatic carbocycles. The Balaban J connectivity index is 1.38. The molecule has 0 unspecified atom stereocenters. The Labute approximate surface area is 198 Å². The van der Waals surface area contributed by atoms with Crippen molar-refractivity contribution < 1.29 is 19.3 Å². The van der Waals surface area contributed by atoms with Crippen LogP contribution in [0.3, 0.4) is 0 Å². The molecule has 0 amide bonds. The molecule has 0 saturated heterocycles. The van der Waals surface area contributed by atoms with Crippen LogP contribution in [0.25, 0.3) is 11.3 Å². The summed E-state index contributed by atoms with van der Waals surface area (Å²) in [6, 6.07) is 15.3. The number of fused-ring (bicyclic) bond motifs is 1. The van der Waals surface area contributed by atoms with Gasteiger partial charge in [0.1, 0.15) is 11.5 Å². The highest BCUT2D eigenvalue weighted by molar-refractivity contribution is 7.14. The summed E-state index contributed by atoms with van der Waals surface area (Å²) < 4.78 is 16.3. The third-order valence-electron chi connectivity index (χ3n) is 5.67. The number of thiophene rings is 1. The van der Waals surface area contributed by atoms with Crippen molar-refractivity contribution in [1.29, 1.82) is 0 Å². The van der Waals surface area contributed by atoms with Gasteiger partial charge in [0.25, 0.3) is 0 Å². The summed E-state index contributed by atoms with van der Waals surface area (Å²) >= 11 is 3.17. The van der Waals surface area contributed by atoms with Crippen molar-refractivity contribution in [3.05, 3.63) is 69.7 Å². The minimum Gasteiger partial charge on any atom is -0.507 e. The van der Waals surface area contributed by atoms with Gasteiger partial charge in [0.05, 0.1) is 29.4 Å². The van der Waals surface area contributed by atoms with Gasteiger partial charge in [-0.3, -0.25) is 0 Å². The van der Waals surface area contributed by atoms with E-state index in [9.17, 15) is 5.11 Å². The molecule has 4 heterocycles. The average Bonchev–Trinajstić information content (AvgIpc) is 3.63. The van der Waals surface area contributed by atoms with Crippen molar-refractivity contribution in [2.45, 2.75) is 12.5 Å². The van der Waals surface area contributed by atoms with Crippen LogP contribution in [0, 0.1) is 0 Å². The van der Waals surface area contributed by atoms with Gasteiger partial charge >= 0.3 is 0 Å². The predicted octanol–water partition coefficient (Wildman–Crippen LogP) is 5.67. The van der Waals surface area contributed by atoms with Gasteiger partial charge in [0.15, 0.2) is 11.5 Å². The predicted molar refractivity (Wildman–Crippen MR) is 129 cm³/mol. The lowest BCUT2D eigenvalue weighted by Gasteiger charge is -2.21. The van der Waals surface area contributed by atoms with Gasteiger partial charge in [-0.1, -0.05) is 12.1 Å². The number of hydrazone groups is 1. The van der Waals surface area contributed by atoms with Crippen LogP contribution in [0.2, 0.25) is 0 Å². The minimum absolute atomic E-state index is 0.0277. The first-order valence-electron chi connectivity index (χ1n) is 10.3. The van der Waals surface area contributed by atoms with Gasteiger partial charge in [-0.2, -0.15) is 5.10 Å². The fourth-order valence-corrected chi connectivity index (χ4v) is 5.55. The lowest BCUT2D eigenvalue weighted by Crippen LogP contribution is -2.18. The number of hydrogen-bond donors (Lipinski definition) is 1. The van der Waals surface area contributed by atoms with Crippen molar-refractivity contribution >= 4 is 33.5 Å². The molecule has 1 N–H and O–H groups in total. The van der Waals surface area contributed by atoms with Crippen LogP contribution in [0.1, 0.15) is 22.9 Å². The molecular formula is C24H19N3O4S2. The number of hydrogen-bond acceptors (Lipinski definition) is 9. The van der Waals surface area contributed by atoms with Gasteiger partial charge < -0.3 is 19.3 Å². The molecule has 166 valence electrons. The van der Waals surface area contributed by atoms with Gasteiger partial charge in [0, 0.05) is 23.4 Å². The molecule has 0 bridgehead atoms. The van der Waals surface area contributed by atoms with E-state index < -0.39 is 0 Å². The van der Waals surface area contributed by atoms with Gasteiger partial charge in [-0.05, 0) is 41.3 Å². The molecule has 0 radical (unpaired) electrons. The average molecular weight is 478 g/mol. The number of phenolic OH excluding ortho intramolecular Hbond substituents is 1. The number of anilines is 1. The van der Waals surface area contributed by atoms with Crippen LogP contribution >= 0.6 is 22.7 Å². The zero-order valence-electron chi connectivity index (χ0n) is 17.6. The fraction of sp³-hybridized carbons (Fsp3) is 0.167. The van der Waals surface area contributed by atoms with Crippen molar-refractivity contribution in [1.82, 2.24) is 4.98 Å². The molecule has 2 aromatic heterocycles. The molecule has 4 aromatic rings. The lowest BCUT2D eigenvalue weighted by atomic mass is 10.0. The molecule has 7 nitrogen and oxygen atoms in total. The Bertz CT molecular complexity index is 1350. The zero-order valence-corrected chi connectivity index (χ0v) is 19.2. The maximum atomic E-state index is 10.5. The Morgan fingerprint density at radius 2 is 2.00 bits per heavy atom. The molecule has 1 atom stereocenters. The van der Waals surface area contributed by atoms with Crippen LogP contribution in [0.4, 0.5) is 5.13 Å². The van der Waals surface area contributed by atoms with Crippen molar-refractivity contribution in [3.63, 3.8) is 0 Å². The first kappa shape index (κ1) is 20.1. The first-order chi connectivity index (χ1) is 16.2. The van der Waals surface area contributed by atoms with E-state index in [1.54, 1.807) is 24.5 Å². The van der Waals surface area contributed by atoms with Crippen LogP contribution in [0.15, 0.2) is 64.4 Å². The van der Waals surface area contributed by atoms with Crippen molar-refractivity contribution in [3.8, 4) is 34.3 Å². The Hall–Kier alpha value is -3.56. The second-order valence-electron chi connectivity index (χ2n) is 7.60. The fourth-order valence-electron chi connectivity index (χ4n) is 4.01. The van der Waals surface area contributed by atoms with E-state index in [0.29, 0.717) is 17.0 Å². The number of phenols is 1. The Morgan fingerprint density at radius 3 is 2.82 bits per heavy atom. The van der Waals surface area contributed by atoms with Gasteiger partial charge in [0.2, 0.25) is 11.9 Å². The van der Waals surface area contributed by atoms with Crippen LogP contribution in [-0.2, 0) is 0 Å². The second-order valence-corrected chi connectivity index (χ2v) is 9.38. The lowest BCUT2D eigenvalue weighted by molar-refractivity contribution is 0.174. The van der Waals surface area contributed by atoms with E-state index in [0.717, 1.165) is 39.2 Å². The highest BCUT2D eigenvalue weighted by Gasteiger charge is 2.33. The molecule has 0 saturated carbocycles. The molecule has 9 heteroatoms. The maximum absolute atomic E-state index is 10.5. The van der Waals surface area contributed by atoms with E-state index in [-0.39, 0.29) is 18.6 Å². The standard InChI is InChI=1S/C24H19N3O4S2/c1-29-15-5-6-16(20(28)10-15)18-12-33-24(25-18)27-19(11-17(26-27)23-3-2-8-32-23)14-4-7-21-22(9-14)31-13-30-21/h2-10,12,19,28H,11,13H2,1H3/t19-/m0/s1. The molecule has 2 aliphatic rings. The summed E-state index contributed by atoms with van der Waals surface area (Å²) in [6.07, 6.45) is 0.753. The topological polar surface area (TPSA) is 76.4 Å². The number of thiazole rings is 1. The number of methoxy groups -OCH3 is 1. The van der Waals surface area contributed by atoms with Crippen LogP contribution in [-0.4, -0.2) is 29.7 Å². The SMILES string of the molecule is COc1ccc(-c2csc(N3N=C(c4cccs4)C[C@H]3c3ccc4c(c3)OCO4)n2)c(O)c1. The van der Waals surface area contributed by atoms with E-state index in [4.69, 9.17) is 24.3 Å². The molecular weight excluding hydrogens is 458 g/mol. The van der Waals surface area contributed by atoms with Gasteiger partial charge in [-0.25, -0.2) is 9.99 Å². The van der Waals surface area contributed by atoms with Crippen LogP contribution in [0.5, 0.6) is 23.0 Å². The highest BCUT2D eigenvalue weighted by Crippen LogP contribution is 2.43. The molecule has 0 aliphatic carbocycles. The number of aromatic hydroxyl groups is 1. The molecule has 2 aliphatic heterocycles. The van der Waals surface area contributed by atoms with Crippen molar-refractivity contribution in [2.24, 2.45) is 5.10 Å². The minimum atomic E-state index is -0.0277. The molecule has 0 spiro atoms. The molecule has 6 rings (SSSR count).